The first-order valence-corrected chi connectivity index (χ1v) is 11.1. The van der Waals surface area contributed by atoms with E-state index >= 15 is 0 Å². The summed E-state index contributed by atoms with van der Waals surface area (Å²) >= 11 is 0. The van der Waals surface area contributed by atoms with Crippen molar-refractivity contribution in [3.8, 4) is 45.5 Å². The Morgan fingerprint density at radius 2 is 1.24 bits per heavy atom. The smallest absolute Gasteiger partial charge is 0.161 e. The third kappa shape index (κ3) is 4.31. The van der Waals surface area contributed by atoms with Gasteiger partial charge in [0, 0.05) is 16.7 Å². The molecule has 0 aliphatic carbocycles. The third-order valence-electron chi connectivity index (χ3n) is 6.08. The van der Waals surface area contributed by atoms with Crippen LogP contribution in [0.1, 0.15) is 16.7 Å². The Balaban J connectivity index is 1.91. The van der Waals surface area contributed by atoms with Crippen molar-refractivity contribution < 1.29 is 18.9 Å². The van der Waals surface area contributed by atoms with Crippen LogP contribution in [0, 0.1) is 13.8 Å². The highest BCUT2D eigenvalue weighted by Crippen LogP contribution is 2.39. The Hall–Kier alpha value is -3.93. The van der Waals surface area contributed by atoms with Crippen LogP contribution in [0.5, 0.6) is 23.0 Å². The fourth-order valence-electron chi connectivity index (χ4n) is 4.22. The Morgan fingerprint density at radius 1 is 0.676 bits per heavy atom. The topological polar surface area (TPSA) is 54.7 Å². The lowest BCUT2D eigenvalue weighted by Gasteiger charge is -2.13. The average Bonchev–Trinajstić information content (AvgIpc) is 3.19. The number of methoxy groups -OCH3 is 4. The number of hydrogen-bond acceptors (Lipinski definition) is 5. The van der Waals surface area contributed by atoms with Gasteiger partial charge in [0.1, 0.15) is 0 Å². The summed E-state index contributed by atoms with van der Waals surface area (Å²) in [6, 6.07) is 20.2. The molecule has 0 saturated carbocycles. The van der Waals surface area contributed by atoms with Crippen LogP contribution in [0.4, 0.5) is 0 Å². The van der Waals surface area contributed by atoms with Gasteiger partial charge in [-0.25, -0.2) is 0 Å². The van der Waals surface area contributed by atoms with E-state index in [4.69, 9.17) is 24.0 Å². The highest BCUT2D eigenvalue weighted by atomic mass is 16.5. The fraction of sp³-hybridized carbons (Fsp3) is 0.250. The molecule has 0 N–H and O–H groups in total. The number of aryl methyl sites for hydroxylation is 1. The fourth-order valence-corrected chi connectivity index (χ4v) is 4.22. The molecule has 0 saturated heterocycles. The van der Waals surface area contributed by atoms with Gasteiger partial charge < -0.3 is 18.9 Å². The van der Waals surface area contributed by atoms with Crippen LogP contribution < -0.4 is 18.9 Å². The largest absolute Gasteiger partial charge is 0.493 e. The zero-order valence-electron chi connectivity index (χ0n) is 20.5. The van der Waals surface area contributed by atoms with Crippen molar-refractivity contribution in [1.29, 1.82) is 0 Å². The number of ether oxygens (including phenoxy) is 4. The van der Waals surface area contributed by atoms with Gasteiger partial charge in [0.15, 0.2) is 23.0 Å². The van der Waals surface area contributed by atoms with Crippen LogP contribution in [0.2, 0.25) is 0 Å². The molecule has 6 nitrogen and oxygen atoms in total. The molecule has 6 heteroatoms. The number of aromatic nitrogens is 2. The molecule has 1 heterocycles. The van der Waals surface area contributed by atoms with E-state index in [1.807, 2.05) is 36.4 Å². The Bertz CT molecular complexity index is 1310. The van der Waals surface area contributed by atoms with Crippen molar-refractivity contribution >= 4 is 0 Å². The highest BCUT2D eigenvalue weighted by Gasteiger charge is 2.20. The van der Waals surface area contributed by atoms with Crippen molar-refractivity contribution in [3.63, 3.8) is 0 Å². The third-order valence-corrected chi connectivity index (χ3v) is 6.08. The lowest BCUT2D eigenvalue weighted by atomic mass is 10.0. The summed E-state index contributed by atoms with van der Waals surface area (Å²) in [5, 5.41) is 5.07. The molecular weight excluding hydrogens is 428 g/mol. The van der Waals surface area contributed by atoms with Gasteiger partial charge in [-0.05, 0) is 61.4 Å². The predicted molar refractivity (Wildman–Crippen MR) is 134 cm³/mol. The maximum Gasteiger partial charge on any atom is 0.161 e. The van der Waals surface area contributed by atoms with E-state index in [9.17, 15) is 0 Å². The average molecular weight is 459 g/mol. The molecule has 0 aliphatic rings. The minimum Gasteiger partial charge on any atom is -0.493 e. The number of nitrogens with zero attached hydrogens (tertiary/aromatic N) is 2. The standard InChI is InChI=1S/C28H30N2O4/c1-18-9-7-8-10-22(18)17-30-28(21-12-14-24(32-4)26(16-21)34-6)19(2)27(29-30)20-11-13-23(31-3)25(15-20)33-5/h7-16H,17H2,1-6H3. The normalized spacial score (nSPS) is 10.8. The molecule has 4 rings (SSSR count). The molecule has 0 unspecified atom stereocenters. The van der Waals surface area contributed by atoms with E-state index in [0.29, 0.717) is 29.5 Å². The summed E-state index contributed by atoms with van der Waals surface area (Å²) < 4.78 is 24.0. The number of rotatable bonds is 8. The first-order valence-electron chi connectivity index (χ1n) is 11.1. The molecule has 4 aromatic rings. The van der Waals surface area contributed by atoms with E-state index in [1.165, 1.54) is 11.1 Å². The maximum absolute atomic E-state index is 5.58. The Morgan fingerprint density at radius 3 is 1.82 bits per heavy atom. The second kappa shape index (κ2) is 9.91. The molecule has 176 valence electrons. The van der Waals surface area contributed by atoms with Crippen molar-refractivity contribution in [2.75, 3.05) is 28.4 Å². The van der Waals surface area contributed by atoms with E-state index < -0.39 is 0 Å². The van der Waals surface area contributed by atoms with Crippen LogP contribution in [0.3, 0.4) is 0 Å². The van der Waals surface area contributed by atoms with E-state index in [1.54, 1.807) is 28.4 Å². The molecule has 0 aliphatic heterocycles. The van der Waals surface area contributed by atoms with Crippen LogP contribution >= 0.6 is 0 Å². The number of hydrogen-bond donors (Lipinski definition) is 0. The van der Waals surface area contributed by atoms with Gasteiger partial charge in [0.05, 0.1) is 46.4 Å². The zero-order chi connectivity index (χ0) is 24.2. The van der Waals surface area contributed by atoms with E-state index in [-0.39, 0.29) is 0 Å². The minimum absolute atomic E-state index is 0.643. The van der Waals surface area contributed by atoms with Crippen LogP contribution in [0.15, 0.2) is 60.7 Å². The van der Waals surface area contributed by atoms with Crippen molar-refractivity contribution in [2.24, 2.45) is 0 Å². The SMILES string of the molecule is COc1ccc(-c2nn(Cc3ccccc3C)c(-c3ccc(OC)c(OC)c3)c2C)cc1OC. The molecule has 0 bridgehead atoms. The summed E-state index contributed by atoms with van der Waals surface area (Å²) in [7, 11) is 6.56. The molecule has 0 spiro atoms. The van der Waals surface area contributed by atoms with Crippen molar-refractivity contribution in [1.82, 2.24) is 9.78 Å². The first-order chi connectivity index (χ1) is 16.5. The molecule has 34 heavy (non-hydrogen) atoms. The van der Waals surface area contributed by atoms with Gasteiger partial charge in [0.2, 0.25) is 0 Å². The molecular formula is C28H30N2O4. The van der Waals surface area contributed by atoms with Gasteiger partial charge in [-0.2, -0.15) is 5.10 Å². The molecule has 0 radical (unpaired) electrons. The van der Waals surface area contributed by atoms with Crippen molar-refractivity contribution in [3.05, 3.63) is 77.4 Å². The van der Waals surface area contributed by atoms with Gasteiger partial charge in [0.25, 0.3) is 0 Å². The molecule has 1 aromatic heterocycles. The lowest BCUT2D eigenvalue weighted by Crippen LogP contribution is -2.06. The van der Waals surface area contributed by atoms with E-state index in [2.05, 4.69) is 42.8 Å². The predicted octanol–water partition coefficient (Wildman–Crippen LogP) is 5.92. The van der Waals surface area contributed by atoms with E-state index in [0.717, 1.165) is 28.1 Å². The van der Waals surface area contributed by atoms with Crippen LogP contribution in [0.25, 0.3) is 22.5 Å². The summed E-state index contributed by atoms with van der Waals surface area (Å²) in [5.74, 6) is 2.72. The molecule has 0 atom stereocenters. The van der Waals surface area contributed by atoms with Gasteiger partial charge in [-0.1, -0.05) is 24.3 Å². The van der Waals surface area contributed by atoms with Crippen LogP contribution in [-0.4, -0.2) is 38.2 Å². The first kappa shape index (κ1) is 23.2. The molecule has 0 amide bonds. The van der Waals surface area contributed by atoms with Crippen molar-refractivity contribution in [2.45, 2.75) is 20.4 Å². The highest BCUT2D eigenvalue weighted by molar-refractivity contribution is 5.76. The van der Waals surface area contributed by atoms with Gasteiger partial charge >= 0.3 is 0 Å². The monoisotopic (exact) mass is 458 g/mol. The second-order valence-electron chi connectivity index (χ2n) is 8.05. The maximum atomic E-state index is 5.58. The summed E-state index contributed by atoms with van der Waals surface area (Å²) in [4.78, 5) is 0. The zero-order valence-corrected chi connectivity index (χ0v) is 20.5. The lowest BCUT2D eigenvalue weighted by molar-refractivity contribution is 0.355. The molecule has 0 fully saturated rings. The Labute approximate surface area is 200 Å². The summed E-state index contributed by atoms with van der Waals surface area (Å²) in [6.07, 6.45) is 0. The second-order valence-corrected chi connectivity index (χ2v) is 8.05. The van der Waals surface area contributed by atoms with Crippen LogP contribution in [-0.2, 0) is 6.54 Å². The van der Waals surface area contributed by atoms with Gasteiger partial charge in [-0.3, -0.25) is 4.68 Å². The molecule has 3 aromatic carbocycles. The summed E-state index contributed by atoms with van der Waals surface area (Å²) in [6.45, 7) is 4.86. The minimum atomic E-state index is 0.643. The quantitative estimate of drug-likeness (QED) is 0.328. The summed E-state index contributed by atoms with van der Waals surface area (Å²) in [5.41, 5.74) is 7.37. The number of benzene rings is 3. The van der Waals surface area contributed by atoms with Gasteiger partial charge in [-0.15, -0.1) is 0 Å². The Kier molecular flexibility index (Phi) is 6.77.